The quantitative estimate of drug-likeness (QED) is 0.671. The molecule has 1 aromatic heterocycles. The number of anilines is 1. The number of benzene rings is 1. The number of piperidine rings is 1. The van der Waals surface area contributed by atoms with Gasteiger partial charge in [0.15, 0.2) is 0 Å². The van der Waals surface area contributed by atoms with Crippen LogP contribution in [0.25, 0.3) is 11.1 Å². The van der Waals surface area contributed by atoms with Gasteiger partial charge in [-0.1, -0.05) is 12.1 Å². The minimum Gasteiger partial charge on any atom is -0.368 e. The fourth-order valence-corrected chi connectivity index (χ4v) is 4.19. The van der Waals surface area contributed by atoms with Gasteiger partial charge in [0.2, 0.25) is 11.9 Å². The number of nitrogen functional groups attached to an aromatic ring is 1. The van der Waals surface area contributed by atoms with Gasteiger partial charge in [-0.05, 0) is 37.0 Å². The number of ether oxygens (including phenoxy) is 1. The first-order valence-corrected chi connectivity index (χ1v) is 10.7. The molecule has 2 aliphatic rings. The van der Waals surface area contributed by atoms with E-state index in [4.69, 9.17) is 10.5 Å². The molecule has 9 nitrogen and oxygen atoms in total. The third-order valence-corrected chi connectivity index (χ3v) is 5.82. The summed E-state index contributed by atoms with van der Waals surface area (Å²) in [5, 5.41) is 0. The van der Waals surface area contributed by atoms with Crippen LogP contribution in [-0.2, 0) is 25.3 Å². The van der Waals surface area contributed by atoms with E-state index >= 15 is 0 Å². The number of amides is 3. The van der Waals surface area contributed by atoms with Crippen LogP contribution in [0.3, 0.4) is 0 Å². The Hall–Kier alpha value is -3.54. The molecule has 0 spiro atoms. The molecule has 12 heteroatoms. The highest BCUT2D eigenvalue weighted by atomic mass is 19.4. The van der Waals surface area contributed by atoms with E-state index in [1.807, 2.05) is 0 Å². The van der Waals surface area contributed by atoms with Crippen molar-refractivity contribution in [1.82, 2.24) is 19.8 Å². The number of imide groups is 1. The van der Waals surface area contributed by atoms with E-state index in [0.29, 0.717) is 30.6 Å². The van der Waals surface area contributed by atoms with E-state index in [9.17, 15) is 27.6 Å². The Bertz CT molecular complexity index is 1110. The summed E-state index contributed by atoms with van der Waals surface area (Å²) in [5.74, 6) is -1.76. The summed E-state index contributed by atoms with van der Waals surface area (Å²) in [5.41, 5.74) is 5.86. The predicted molar refractivity (Wildman–Crippen MR) is 113 cm³/mol. The average Bonchev–Trinajstić information content (AvgIpc) is 2.81. The molecule has 0 radical (unpaired) electrons. The Morgan fingerprint density at radius 3 is 2.62 bits per heavy atom. The summed E-state index contributed by atoms with van der Waals surface area (Å²) in [6.45, 7) is -0.686. The molecule has 2 aliphatic heterocycles. The van der Waals surface area contributed by atoms with E-state index < -0.39 is 42.0 Å². The molecule has 0 bridgehead atoms. The molecule has 180 valence electrons. The fraction of sp³-hybridized carbons (Fsp3) is 0.409. The first kappa shape index (κ1) is 23.6. The first-order valence-electron chi connectivity index (χ1n) is 10.7. The van der Waals surface area contributed by atoms with Crippen molar-refractivity contribution in [3.8, 4) is 11.1 Å². The van der Waals surface area contributed by atoms with Gasteiger partial charge in [-0.15, -0.1) is 0 Å². The van der Waals surface area contributed by atoms with Crippen molar-refractivity contribution < 1.29 is 32.3 Å². The molecule has 0 saturated carbocycles. The van der Waals surface area contributed by atoms with Gasteiger partial charge in [0.1, 0.15) is 19.8 Å². The number of hydrogen-bond acceptors (Lipinski definition) is 7. The Morgan fingerprint density at radius 1 is 1.18 bits per heavy atom. The topological polar surface area (TPSA) is 119 Å². The molecule has 2 saturated heterocycles. The smallest absolute Gasteiger partial charge is 0.368 e. The second kappa shape index (κ2) is 9.37. The van der Waals surface area contributed by atoms with Gasteiger partial charge in [0.05, 0.1) is 17.3 Å². The van der Waals surface area contributed by atoms with E-state index in [1.165, 1.54) is 23.2 Å². The maximum absolute atomic E-state index is 13.3. The van der Waals surface area contributed by atoms with E-state index in [1.54, 1.807) is 0 Å². The number of aromatic nitrogens is 2. The van der Waals surface area contributed by atoms with Gasteiger partial charge in [0.25, 0.3) is 11.8 Å². The van der Waals surface area contributed by atoms with Gasteiger partial charge >= 0.3 is 6.18 Å². The lowest BCUT2D eigenvalue weighted by molar-refractivity contribution is -0.162. The molecule has 4 rings (SSSR count). The van der Waals surface area contributed by atoms with Crippen molar-refractivity contribution in [2.24, 2.45) is 0 Å². The lowest BCUT2D eigenvalue weighted by Crippen LogP contribution is -2.52. The van der Waals surface area contributed by atoms with E-state index in [2.05, 4.69) is 9.97 Å². The van der Waals surface area contributed by atoms with Gasteiger partial charge in [0, 0.05) is 18.3 Å². The van der Waals surface area contributed by atoms with Crippen LogP contribution in [0.5, 0.6) is 0 Å². The van der Waals surface area contributed by atoms with Crippen LogP contribution in [0.4, 0.5) is 19.1 Å². The molecule has 1 atom stereocenters. The molecule has 2 aromatic rings. The molecule has 1 aromatic carbocycles. The minimum atomic E-state index is -4.53. The monoisotopic (exact) mass is 477 g/mol. The number of morpholine rings is 1. The number of halogens is 3. The lowest BCUT2D eigenvalue weighted by atomic mass is 9.93. The largest absolute Gasteiger partial charge is 0.416 e. The summed E-state index contributed by atoms with van der Waals surface area (Å²) in [7, 11) is 0. The number of rotatable bonds is 4. The second-order valence-corrected chi connectivity index (χ2v) is 8.07. The van der Waals surface area contributed by atoms with Crippen LogP contribution in [0.1, 0.15) is 36.6 Å². The van der Waals surface area contributed by atoms with Crippen LogP contribution in [0.2, 0.25) is 0 Å². The second-order valence-electron chi connectivity index (χ2n) is 8.07. The molecule has 3 heterocycles. The molecule has 0 aliphatic carbocycles. The van der Waals surface area contributed by atoms with Crippen LogP contribution < -0.4 is 5.73 Å². The molecule has 2 N–H and O–H groups in total. The van der Waals surface area contributed by atoms with Crippen molar-refractivity contribution >= 4 is 23.7 Å². The average molecular weight is 477 g/mol. The van der Waals surface area contributed by atoms with Crippen molar-refractivity contribution in [2.75, 3.05) is 32.0 Å². The van der Waals surface area contributed by atoms with Gasteiger partial charge in [-0.2, -0.15) is 13.2 Å². The SMILES string of the molecule is Nc1ncc(-c2cccc(C(F)(F)F)c2)c([C@@H]2CCCCN2C(=O)CN2C(=O)COCC2=O)n1. The number of alkyl halides is 3. The Balaban J connectivity index is 1.68. The van der Waals surface area contributed by atoms with Gasteiger partial charge < -0.3 is 15.4 Å². The van der Waals surface area contributed by atoms with E-state index in [-0.39, 0.29) is 24.7 Å². The van der Waals surface area contributed by atoms with Crippen molar-refractivity contribution in [3.05, 3.63) is 41.7 Å². The normalized spacial score (nSPS) is 19.4. The Kier molecular flexibility index (Phi) is 6.51. The van der Waals surface area contributed by atoms with E-state index in [0.717, 1.165) is 23.5 Å². The maximum Gasteiger partial charge on any atom is 0.416 e. The van der Waals surface area contributed by atoms with Gasteiger partial charge in [-0.3, -0.25) is 19.3 Å². The summed E-state index contributed by atoms with van der Waals surface area (Å²) in [6.07, 6.45) is -1.27. The van der Waals surface area contributed by atoms with Crippen LogP contribution in [0.15, 0.2) is 30.5 Å². The molecule has 2 fully saturated rings. The summed E-state index contributed by atoms with van der Waals surface area (Å²) >= 11 is 0. The summed E-state index contributed by atoms with van der Waals surface area (Å²) in [6, 6.07) is 4.15. The molecular weight excluding hydrogens is 455 g/mol. The van der Waals surface area contributed by atoms with Crippen molar-refractivity contribution in [1.29, 1.82) is 0 Å². The Labute approximate surface area is 192 Å². The van der Waals surface area contributed by atoms with Gasteiger partial charge in [-0.25, -0.2) is 9.97 Å². The summed E-state index contributed by atoms with van der Waals surface area (Å²) < 4.78 is 44.7. The zero-order valence-electron chi connectivity index (χ0n) is 18.0. The van der Waals surface area contributed by atoms with Crippen LogP contribution in [0, 0.1) is 0 Å². The maximum atomic E-state index is 13.3. The zero-order valence-corrected chi connectivity index (χ0v) is 18.0. The number of hydrogen-bond donors (Lipinski definition) is 1. The Morgan fingerprint density at radius 2 is 1.91 bits per heavy atom. The first-order chi connectivity index (χ1) is 16.1. The standard InChI is InChI=1S/C22H22F3N5O4/c23-22(24,25)14-5-3-4-13(8-14)15-9-27-21(26)28-20(15)16-6-1-2-7-29(16)17(31)10-30-18(32)11-34-12-19(30)33/h3-5,8-9,16H,1-2,6-7,10-12H2,(H2,26,27,28)/t16-/m0/s1. The number of carbonyl (C=O) groups excluding carboxylic acids is 3. The molecule has 34 heavy (non-hydrogen) atoms. The highest BCUT2D eigenvalue weighted by Crippen LogP contribution is 2.38. The molecule has 3 amide bonds. The third kappa shape index (κ3) is 4.86. The zero-order chi connectivity index (χ0) is 24.5. The number of nitrogens with two attached hydrogens (primary N) is 1. The van der Waals surface area contributed by atoms with Crippen molar-refractivity contribution in [2.45, 2.75) is 31.5 Å². The summed E-state index contributed by atoms with van der Waals surface area (Å²) in [4.78, 5) is 47.9. The minimum absolute atomic E-state index is 0.0813. The number of nitrogens with zero attached hydrogens (tertiary/aromatic N) is 4. The number of carbonyl (C=O) groups is 3. The van der Waals surface area contributed by atoms with Crippen LogP contribution >= 0.6 is 0 Å². The molecule has 0 unspecified atom stereocenters. The fourth-order valence-electron chi connectivity index (χ4n) is 4.19. The lowest BCUT2D eigenvalue weighted by Gasteiger charge is -2.37. The molecular formula is C22H22F3N5O4. The predicted octanol–water partition coefficient (Wildman–Crippen LogP) is 2.18. The van der Waals surface area contributed by atoms with Crippen molar-refractivity contribution in [3.63, 3.8) is 0 Å². The third-order valence-electron chi connectivity index (χ3n) is 5.82. The number of likely N-dealkylation sites (tertiary alicyclic amines) is 1. The highest BCUT2D eigenvalue weighted by Gasteiger charge is 2.36. The van der Waals surface area contributed by atoms with Crippen LogP contribution in [-0.4, -0.2) is 63.8 Å². The highest BCUT2D eigenvalue weighted by molar-refractivity contribution is 6.01.